The number of aryl methyl sites for hydroxylation is 1. The highest BCUT2D eigenvalue weighted by Gasteiger charge is 2.31. The third-order valence-electron chi connectivity index (χ3n) is 6.29. The summed E-state index contributed by atoms with van der Waals surface area (Å²) in [5, 5.41) is 0. The van der Waals surface area contributed by atoms with Crippen molar-refractivity contribution in [3.05, 3.63) is 59.2 Å². The summed E-state index contributed by atoms with van der Waals surface area (Å²) in [5.41, 5.74) is 2.74. The predicted molar refractivity (Wildman–Crippen MR) is 123 cm³/mol. The first-order valence-corrected chi connectivity index (χ1v) is 12.5. The third kappa shape index (κ3) is 4.37. The molecule has 0 atom stereocenters. The van der Waals surface area contributed by atoms with Gasteiger partial charge in [-0.15, -0.1) is 0 Å². The molecule has 0 N–H and O–H groups in total. The van der Waals surface area contributed by atoms with E-state index in [1.807, 2.05) is 31.2 Å². The van der Waals surface area contributed by atoms with E-state index in [9.17, 15) is 18.0 Å². The van der Waals surface area contributed by atoms with Gasteiger partial charge in [-0.05, 0) is 38.3 Å². The molecule has 2 fully saturated rings. The van der Waals surface area contributed by atoms with E-state index in [4.69, 9.17) is 4.74 Å². The summed E-state index contributed by atoms with van der Waals surface area (Å²) >= 11 is 0. The molecule has 2 aliphatic heterocycles. The highest BCUT2D eigenvalue weighted by atomic mass is 32.2. The lowest BCUT2D eigenvalue weighted by Crippen LogP contribution is -2.40. The molecule has 2 heterocycles. The average Bonchev–Trinajstić information content (AvgIpc) is 3.17. The number of methoxy groups -OCH3 is 1. The van der Waals surface area contributed by atoms with Crippen molar-refractivity contribution >= 4 is 27.4 Å². The molecule has 0 aromatic heterocycles. The van der Waals surface area contributed by atoms with E-state index in [1.165, 1.54) is 11.4 Å². The summed E-state index contributed by atoms with van der Waals surface area (Å²) in [6.45, 7) is 3.41. The number of amides is 1. The Kier molecular flexibility index (Phi) is 6.24. The maximum atomic E-state index is 13.2. The first-order chi connectivity index (χ1) is 15.3. The number of hydrogen-bond donors (Lipinski definition) is 0. The number of carbonyl (C=O) groups excluding carboxylic acids is 2. The second-order valence-electron chi connectivity index (χ2n) is 8.42. The maximum Gasteiger partial charge on any atom is 0.257 e. The van der Waals surface area contributed by atoms with E-state index < -0.39 is 10.0 Å². The monoisotopic (exact) mass is 456 g/mol. The lowest BCUT2D eigenvalue weighted by molar-refractivity contribution is 0.0647. The van der Waals surface area contributed by atoms with E-state index in [-0.39, 0.29) is 23.4 Å². The molecule has 0 bridgehead atoms. The number of benzene rings is 2. The number of sulfonamides is 1. The van der Waals surface area contributed by atoms with Gasteiger partial charge in [0, 0.05) is 37.2 Å². The number of hydrogen-bond acceptors (Lipinski definition) is 5. The van der Waals surface area contributed by atoms with Crippen molar-refractivity contribution in [2.45, 2.75) is 26.2 Å². The van der Waals surface area contributed by atoms with Crippen molar-refractivity contribution in [1.82, 2.24) is 4.90 Å². The number of anilines is 1. The van der Waals surface area contributed by atoms with Crippen molar-refractivity contribution in [3.8, 4) is 5.75 Å². The zero-order valence-electron chi connectivity index (χ0n) is 18.4. The summed E-state index contributed by atoms with van der Waals surface area (Å²) in [6, 6.07) is 12.5. The van der Waals surface area contributed by atoms with Gasteiger partial charge in [-0.2, -0.15) is 0 Å². The molecule has 0 aliphatic carbocycles. The lowest BCUT2D eigenvalue weighted by atomic mass is 9.88. The van der Waals surface area contributed by atoms with Gasteiger partial charge >= 0.3 is 0 Å². The van der Waals surface area contributed by atoms with Crippen LogP contribution in [-0.2, 0) is 10.0 Å². The summed E-state index contributed by atoms with van der Waals surface area (Å²) < 4.78 is 31.2. The van der Waals surface area contributed by atoms with Crippen LogP contribution in [0.5, 0.6) is 5.75 Å². The fourth-order valence-corrected chi connectivity index (χ4v) is 5.97. The molecule has 170 valence electrons. The normalized spacial score (nSPS) is 18.6. The van der Waals surface area contributed by atoms with Crippen LogP contribution in [0, 0.1) is 12.8 Å². The Morgan fingerprint density at radius 1 is 1.00 bits per heavy atom. The van der Waals surface area contributed by atoms with E-state index in [0.717, 1.165) is 11.1 Å². The van der Waals surface area contributed by atoms with Gasteiger partial charge in [-0.3, -0.25) is 13.9 Å². The predicted octanol–water partition coefficient (Wildman–Crippen LogP) is 3.28. The van der Waals surface area contributed by atoms with Gasteiger partial charge in [0.1, 0.15) is 5.75 Å². The quantitative estimate of drug-likeness (QED) is 0.645. The minimum Gasteiger partial charge on any atom is -0.496 e. The fraction of sp³-hybridized carbons (Fsp3) is 0.417. The average molecular weight is 457 g/mol. The lowest BCUT2D eigenvalue weighted by Gasteiger charge is -2.32. The van der Waals surface area contributed by atoms with E-state index in [2.05, 4.69) is 0 Å². The fourth-order valence-electron chi connectivity index (χ4n) is 4.41. The number of ketones is 1. The van der Waals surface area contributed by atoms with Gasteiger partial charge < -0.3 is 9.64 Å². The standard InChI is InChI=1S/C24H28N2O5S/c1-17-4-6-18(7-5-17)23(27)19-10-13-25(14-11-19)24(28)21-9-8-20(16-22(21)31-2)26-12-3-15-32(26,29)30/h4-9,16,19H,3,10-15H2,1-2H3. The zero-order chi connectivity index (χ0) is 22.9. The summed E-state index contributed by atoms with van der Waals surface area (Å²) in [5.74, 6) is 0.357. The van der Waals surface area contributed by atoms with Crippen LogP contribution in [0.15, 0.2) is 42.5 Å². The first-order valence-electron chi connectivity index (χ1n) is 10.9. The van der Waals surface area contributed by atoms with Crippen LogP contribution >= 0.6 is 0 Å². The van der Waals surface area contributed by atoms with Gasteiger partial charge in [0.15, 0.2) is 5.78 Å². The molecule has 32 heavy (non-hydrogen) atoms. The Hall–Kier alpha value is -2.87. The molecule has 2 aliphatic rings. The molecule has 0 saturated carbocycles. The molecule has 0 spiro atoms. The number of ether oxygens (including phenoxy) is 1. The number of Topliss-reactive ketones (excluding diaryl/α,β-unsaturated/α-hetero) is 1. The second kappa shape index (κ2) is 8.94. The second-order valence-corrected chi connectivity index (χ2v) is 10.4. The van der Waals surface area contributed by atoms with E-state index in [1.54, 1.807) is 23.1 Å². The van der Waals surface area contributed by atoms with Gasteiger partial charge in [0.25, 0.3) is 5.91 Å². The van der Waals surface area contributed by atoms with Gasteiger partial charge in [-0.1, -0.05) is 29.8 Å². The Morgan fingerprint density at radius 3 is 2.28 bits per heavy atom. The summed E-state index contributed by atoms with van der Waals surface area (Å²) in [4.78, 5) is 27.7. The van der Waals surface area contributed by atoms with Crippen LogP contribution in [0.3, 0.4) is 0 Å². The topological polar surface area (TPSA) is 84.0 Å². The van der Waals surface area contributed by atoms with Crippen molar-refractivity contribution in [2.24, 2.45) is 5.92 Å². The number of nitrogens with zero attached hydrogens (tertiary/aromatic N) is 2. The highest BCUT2D eigenvalue weighted by Crippen LogP contribution is 2.32. The SMILES string of the molecule is COc1cc(N2CCCS2(=O)=O)ccc1C(=O)N1CCC(C(=O)c2ccc(C)cc2)CC1. The maximum absolute atomic E-state index is 13.2. The number of carbonyl (C=O) groups is 2. The third-order valence-corrected chi connectivity index (χ3v) is 8.16. The molecule has 2 aromatic carbocycles. The minimum absolute atomic E-state index is 0.0913. The molecule has 7 nitrogen and oxygen atoms in total. The molecule has 2 aromatic rings. The number of piperidine rings is 1. The van der Waals surface area contributed by atoms with Crippen molar-refractivity contribution in [1.29, 1.82) is 0 Å². The van der Waals surface area contributed by atoms with Gasteiger partial charge in [0.05, 0.1) is 24.1 Å². The Labute approximate surface area is 189 Å². The smallest absolute Gasteiger partial charge is 0.257 e. The summed E-state index contributed by atoms with van der Waals surface area (Å²) in [6.07, 6.45) is 1.82. The van der Waals surface area contributed by atoms with Gasteiger partial charge in [0.2, 0.25) is 10.0 Å². The first kappa shape index (κ1) is 22.3. The van der Waals surface area contributed by atoms with Gasteiger partial charge in [-0.25, -0.2) is 8.42 Å². The van der Waals surface area contributed by atoms with Crippen LogP contribution in [0.1, 0.15) is 45.5 Å². The van der Waals surface area contributed by atoms with Crippen LogP contribution in [0.4, 0.5) is 5.69 Å². The van der Waals surface area contributed by atoms with E-state index in [0.29, 0.717) is 55.9 Å². The van der Waals surface area contributed by atoms with Crippen molar-refractivity contribution in [2.75, 3.05) is 36.8 Å². The minimum atomic E-state index is -3.31. The van der Waals surface area contributed by atoms with Crippen LogP contribution in [0.25, 0.3) is 0 Å². The number of likely N-dealkylation sites (tertiary alicyclic amines) is 1. The van der Waals surface area contributed by atoms with Crippen LogP contribution in [0.2, 0.25) is 0 Å². The molecule has 0 radical (unpaired) electrons. The Balaban J connectivity index is 1.45. The molecule has 2 saturated heterocycles. The van der Waals surface area contributed by atoms with Crippen LogP contribution in [-0.4, -0.2) is 57.5 Å². The van der Waals surface area contributed by atoms with Crippen molar-refractivity contribution < 1.29 is 22.7 Å². The molecule has 4 rings (SSSR count). The zero-order valence-corrected chi connectivity index (χ0v) is 19.2. The Morgan fingerprint density at radius 2 is 1.69 bits per heavy atom. The highest BCUT2D eigenvalue weighted by molar-refractivity contribution is 7.93. The molecule has 8 heteroatoms. The van der Waals surface area contributed by atoms with Crippen molar-refractivity contribution in [3.63, 3.8) is 0 Å². The van der Waals surface area contributed by atoms with Crippen LogP contribution < -0.4 is 9.04 Å². The summed E-state index contributed by atoms with van der Waals surface area (Å²) in [7, 11) is -1.83. The molecule has 0 unspecified atom stereocenters. The molecule has 1 amide bonds. The largest absolute Gasteiger partial charge is 0.496 e. The Bertz CT molecular complexity index is 1120. The van der Waals surface area contributed by atoms with E-state index >= 15 is 0 Å². The molecular weight excluding hydrogens is 428 g/mol. The number of rotatable bonds is 5. The molecular formula is C24H28N2O5S.